The Morgan fingerprint density at radius 3 is 1.32 bits per heavy atom. The molecule has 2 nitrogen and oxygen atoms in total. The Kier molecular flexibility index (Phi) is 9.89. The summed E-state index contributed by atoms with van der Waals surface area (Å²) < 4.78 is 6.70. The first kappa shape index (κ1) is 38.9. The van der Waals surface area contributed by atoms with Gasteiger partial charge in [-0.3, -0.25) is 0 Å². The topological polar surface area (TPSA) is 16.4 Å². The minimum absolute atomic E-state index is 0.874. The van der Waals surface area contributed by atoms with Crippen LogP contribution in [-0.2, 0) is 0 Å². The molecule has 0 bridgehead atoms. The summed E-state index contributed by atoms with van der Waals surface area (Å²) in [5.74, 6) is 0. The van der Waals surface area contributed by atoms with Crippen molar-refractivity contribution in [3.05, 3.63) is 261 Å². The standard InChI is InChI=1S/C64H43NO/c1-4-16-44(17-5-1)50-23-14-24-51(40-50)47-30-35-55(36-31-47)65(56-37-32-48(33-38-56)54-42-52(45-18-6-2-7-19-45)41-53(43-54)46-20-8-3-9-21-46)61-28-13-12-26-58(61)59-27-15-29-62-63(59)60-39-34-49-22-10-11-25-57(49)64(60)66-62/h1-43H. The van der Waals surface area contributed by atoms with Gasteiger partial charge in [0.15, 0.2) is 0 Å². The van der Waals surface area contributed by atoms with Crippen LogP contribution in [0.25, 0.3) is 99.5 Å². The number of furan rings is 1. The molecule has 1 aromatic heterocycles. The zero-order chi connectivity index (χ0) is 43.8. The molecule has 0 spiro atoms. The molecule has 0 fully saturated rings. The van der Waals surface area contributed by atoms with Crippen molar-refractivity contribution in [2.45, 2.75) is 0 Å². The van der Waals surface area contributed by atoms with Gasteiger partial charge in [-0.1, -0.05) is 194 Å². The van der Waals surface area contributed by atoms with Gasteiger partial charge in [-0.2, -0.15) is 0 Å². The second-order valence-corrected chi connectivity index (χ2v) is 16.9. The second kappa shape index (κ2) is 16.8. The maximum Gasteiger partial charge on any atom is 0.143 e. The minimum Gasteiger partial charge on any atom is -0.455 e. The van der Waals surface area contributed by atoms with Crippen LogP contribution in [0.5, 0.6) is 0 Å². The Labute approximate surface area is 384 Å². The molecular formula is C64H43NO. The molecule has 2 heteroatoms. The first-order valence-electron chi connectivity index (χ1n) is 22.6. The average molecular weight is 842 g/mol. The van der Waals surface area contributed by atoms with Gasteiger partial charge in [0.05, 0.1) is 5.69 Å². The highest BCUT2D eigenvalue weighted by Crippen LogP contribution is 2.46. The van der Waals surface area contributed by atoms with Crippen molar-refractivity contribution in [3.8, 4) is 66.8 Å². The van der Waals surface area contributed by atoms with Crippen LogP contribution >= 0.6 is 0 Å². The molecule has 0 atom stereocenters. The van der Waals surface area contributed by atoms with Crippen molar-refractivity contribution >= 4 is 49.8 Å². The molecule has 12 rings (SSSR count). The van der Waals surface area contributed by atoms with Gasteiger partial charge in [0.1, 0.15) is 11.2 Å². The Bertz CT molecular complexity index is 3610. The average Bonchev–Trinajstić information content (AvgIpc) is 3.80. The van der Waals surface area contributed by atoms with E-state index in [1.165, 1.54) is 49.9 Å². The number of fused-ring (bicyclic) bond motifs is 5. The van der Waals surface area contributed by atoms with Crippen molar-refractivity contribution in [1.29, 1.82) is 0 Å². The second-order valence-electron chi connectivity index (χ2n) is 16.9. The van der Waals surface area contributed by atoms with E-state index in [1.807, 2.05) is 0 Å². The van der Waals surface area contributed by atoms with Crippen LogP contribution in [0.2, 0.25) is 0 Å². The summed E-state index contributed by atoms with van der Waals surface area (Å²) in [4.78, 5) is 2.40. The first-order chi connectivity index (χ1) is 32.7. The summed E-state index contributed by atoms with van der Waals surface area (Å²) in [5, 5.41) is 4.51. The molecule has 0 radical (unpaired) electrons. The predicted octanol–water partition coefficient (Wildman–Crippen LogP) is 18.2. The highest BCUT2D eigenvalue weighted by Gasteiger charge is 2.21. The van der Waals surface area contributed by atoms with E-state index in [9.17, 15) is 0 Å². The third-order valence-electron chi connectivity index (χ3n) is 12.9. The van der Waals surface area contributed by atoms with E-state index in [2.05, 4.69) is 266 Å². The maximum absolute atomic E-state index is 6.70. The van der Waals surface area contributed by atoms with Crippen LogP contribution in [0, 0.1) is 0 Å². The minimum atomic E-state index is 0.874. The number of hydrogen-bond donors (Lipinski definition) is 0. The summed E-state index contributed by atoms with van der Waals surface area (Å²) in [6, 6.07) is 93.8. The fourth-order valence-electron chi connectivity index (χ4n) is 9.61. The molecule has 0 unspecified atom stereocenters. The number of nitrogens with zero attached hydrogens (tertiary/aromatic N) is 1. The van der Waals surface area contributed by atoms with E-state index in [0.717, 1.165) is 66.6 Å². The molecule has 12 aromatic rings. The van der Waals surface area contributed by atoms with Gasteiger partial charge >= 0.3 is 0 Å². The summed E-state index contributed by atoms with van der Waals surface area (Å²) in [5.41, 5.74) is 19.1. The number of hydrogen-bond acceptors (Lipinski definition) is 2. The van der Waals surface area contributed by atoms with Gasteiger partial charge in [0.25, 0.3) is 0 Å². The van der Waals surface area contributed by atoms with Gasteiger partial charge in [-0.15, -0.1) is 0 Å². The van der Waals surface area contributed by atoms with E-state index >= 15 is 0 Å². The summed E-state index contributed by atoms with van der Waals surface area (Å²) in [7, 11) is 0. The summed E-state index contributed by atoms with van der Waals surface area (Å²) in [6.45, 7) is 0. The molecule has 1 heterocycles. The van der Waals surface area contributed by atoms with Gasteiger partial charge in [0, 0.05) is 33.1 Å². The lowest BCUT2D eigenvalue weighted by Crippen LogP contribution is -2.11. The Morgan fingerprint density at radius 1 is 0.273 bits per heavy atom. The quantitative estimate of drug-likeness (QED) is 0.144. The molecule has 0 amide bonds. The fraction of sp³-hybridized carbons (Fsp3) is 0. The van der Waals surface area contributed by atoms with Crippen LogP contribution in [0.15, 0.2) is 265 Å². The lowest BCUT2D eigenvalue weighted by atomic mass is 9.93. The normalized spacial score (nSPS) is 11.3. The SMILES string of the molecule is c1ccc(-c2cccc(-c3ccc(N(c4ccc(-c5cc(-c6ccccc6)cc(-c6ccccc6)c5)cc4)c4ccccc4-c4cccc5oc6c7ccccc7ccc6c45)cc3)c2)cc1. The number of rotatable bonds is 9. The van der Waals surface area contributed by atoms with Crippen molar-refractivity contribution in [1.82, 2.24) is 0 Å². The van der Waals surface area contributed by atoms with Gasteiger partial charge in [-0.25, -0.2) is 0 Å². The van der Waals surface area contributed by atoms with Crippen LogP contribution in [0.4, 0.5) is 17.1 Å². The molecule has 11 aromatic carbocycles. The van der Waals surface area contributed by atoms with Gasteiger partial charge < -0.3 is 9.32 Å². The molecule has 66 heavy (non-hydrogen) atoms. The van der Waals surface area contributed by atoms with Crippen molar-refractivity contribution in [3.63, 3.8) is 0 Å². The van der Waals surface area contributed by atoms with Crippen LogP contribution in [-0.4, -0.2) is 0 Å². The molecule has 310 valence electrons. The van der Waals surface area contributed by atoms with Crippen LogP contribution < -0.4 is 4.90 Å². The number of anilines is 3. The Morgan fingerprint density at radius 2 is 0.712 bits per heavy atom. The molecule has 0 saturated heterocycles. The van der Waals surface area contributed by atoms with E-state index in [0.29, 0.717) is 0 Å². The monoisotopic (exact) mass is 841 g/mol. The molecule has 0 aliphatic rings. The Balaban J connectivity index is 1.00. The molecule has 0 aliphatic heterocycles. The molecule has 0 aliphatic carbocycles. The highest BCUT2D eigenvalue weighted by molar-refractivity contribution is 6.19. The largest absolute Gasteiger partial charge is 0.455 e. The zero-order valence-electron chi connectivity index (χ0n) is 36.2. The summed E-state index contributed by atoms with van der Waals surface area (Å²) >= 11 is 0. The third kappa shape index (κ3) is 7.21. The van der Waals surface area contributed by atoms with Crippen molar-refractivity contribution < 1.29 is 4.42 Å². The maximum atomic E-state index is 6.70. The van der Waals surface area contributed by atoms with E-state index in [-0.39, 0.29) is 0 Å². The fourth-order valence-corrected chi connectivity index (χ4v) is 9.61. The highest BCUT2D eigenvalue weighted by atomic mass is 16.3. The predicted molar refractivity (Wildman–Crippen MR) is 279 cm³/mol. The molecule has 0 saturated carbocycles. The zero-order valence-corrected chi connectivity index (χ0v) is 36.2. The number of para-hydroxylation sites is 1. The van der Waals surface area contributed by atoms with Crippen molar-refractivity contribution in [2.24, 2.45) is 0 Å². The first-order valence-corrected chi connectivity index (χ1v) is 22.6. The van der Waals surface area contributed by atoms with E-state index in [1.54, 1.807) is 0 Å². The Hall–Kier alpha value is -8.72. The van der Waals surface area contributed by atoms with E-state index < -0.39 is 0 Å². The van der Waals surface area contributed by atoms with Crippen molar-refractivity contribution in [2.75, 3.05) is 4.90 Å². The van der Waals surface area contributed by atoms with E-state index in [4.69, 9.17) is 4.42 Å². The van der Waals surface area contributed by atoms with Crippen LogP contribution in [0.3, 0.4) is 0 Å². The lowest BCUT2D eigenvalue weighted by Gasteiger charge is -2.28. The number of benzene rings is 11. The van der Waals surface area contributed by atoms with Crippen LogP contribution in [0.1, 0.15) is 0 Å². The van der Waals surface area contributed by atoms with Gasteiger partial charge in [0.2, 0.25) is 0 Å². The lowest BCUT2D eigenvalue weighted by molar-refractivity contribution is 0.673. The smallest absolute Gasteiger partial charge is 0.143 e. The summed E-state index contributed by atoms with van der Waals surface area (Å²) in [6.07, 6.45) is 0. The molecular weight excluding hydrogens is 799 g/mol. The molecule has 0 N–H and O–H groups in total. The van der Waals surface area contributed by atoms with Gasteiger partial charge in [-0.05, 0) is 133 Å². The third-order valence-corrected chi connectivity index (χ3v) is 12.9.